The van der Waals surface area contributed by atoms with E-state index in [9.17, 15) is 14.9 Å². The van der Waals surface area contributed by atoms with Crippen molar-refractivity contribution in [3.05, 3.63) is 69.0 Å². The number of anilines is 1. The van der Waals surface area contributed by atoms with Crippen molar-refractivity contribution in [3.8, 4) is 17.2 Å². The van der Waals surface area contributed by atoms with Gasteiger partial charge in [-0.2, -0.15) is 5.10 Å². The maximum atomic E-state index is 12.4. The van der Waals surface area contributed by atoms with E-state index in [4.69, 9.17) is 21.1 Å². The first kappa shape index (κ1) is 22.1. The second kappa shape index (κ2) is 9.48. The summed E-state index contributed by atoms with van der Waals surface area (Å²) >= 11 is 6.12. The quantitative estimate of drug-likeness (QED) is 0.391. The molecule has 31 heavy (non-hydrogen) atoms. The molecule has 0 aliphatic heterocycles. The molecule has 10 heteroatoms. The minimum Gasteiger partial charge on any atom is -0.497 e. The molecule has 162 valence electrons. The summed E-state index contributed by atoms with van der Waals surface area (Å²) in [5, 5.41) is 18.8. The van der Waals surface area contributed by atoms with E-state index >= 15 is 0 Å². The summed E-state index contributed by atoms with van der Waals surface area (Å²) in [6, 6.07) is 10.9. The maximum absolute atomic E-state index is 12.4. The molecule has 0 unspecified atom stereocenters. The van der Waals surface area contributed by atoms with Gasteiger partial charge >= 0.3 is 0 Å². The number of benzene rings is 2. The molecule has 0 aliphatic rings. The normalized spacial score (nSPS) is 10.6. The third kappa shape index (κ3) is 5.52. The molecule has 2 aromatic carbocycles. The number of hydrogen-bond acceptors (Lipinski definition) is 6. The minimum absolute atomic E-state index is 0.121. The second-order valence-electron chi connectivity index (χ2n) is 6.76. The lowest BCUT2D eigenvalue weighted by Crippen LogP contribution is -2.15. The number of hydrogen-bond donors (Lipinski definition) is 1. The standard InChI is InChI=1S/C21H21ClN4O5/c1-13-21(22)14(2)25(24-13)9-8-20(27)23-15-10-16(26(28)29)12-19(11-15)31-18-6-4-17(30-3)5-7-18/h4-7,10-12H,8-9H2,1-3H3,(H,23,27). The van der Waals surface area contributed by atoms with Gasteiger partial charge in [0.1, 0.15) is 17.2 Å². The highest BCUT2D eigenvalue weighted by Crippen LogP contribution is 2.30. The van der Waals surface area contributed by atoms with Crippen molar-refractivity contribution in [3.63, 3.8) is 0 Å². The zero-order chi connectivity index (χ0) is 22.5. The van der Waals surface area contributed by atoms with Gasteiger partial charge in [0.2, 0.25) is 5.91 Å². The monoisotopic (exact) mass is 444 g/mol. The van der Waals surface area contributed by atoms with E-state index in [2.05, 4.69) is 10.4 Å². The van der Waals surface area contributed by atoms with Crippen LogP contribution in [0.1, 0.15) is 17.8 Å². The molecule has 1 amide bonds. The van der Waals surface area contributed by atoms with Gasteiger partial charge in [0.05, 0.1) is 46.7 Å². The zero-order valence-electron chi connectivity index (χ0n) is 17.2. The molecule has 0 atom stereocenters. The number of methoxy groups -OCH3 is 1. The van der Waals surface area contributed by atoms with E-state index < -0.39 is 4.92 Å². The summed E-state index contributed by atoms with van der Waals surface area (Å²) in [4.78, 5) is 23.2. The van der Waals surface area contributed by atoms with Crippen LogP contribution in [0.5, 0.6) is 17.2 Å². The van der Waals surface area contributed by atoms with E-state index in [-0.39, 0.29) is 29.5 Å². The van der Waals surface area contributed by atoms with Crippen LogP contribution >= 0.6 is 11.6 Å². The third-order valence-corrected chi connectivity index (χ3v) is 5.07. The number of nitro groups is 1. The fourth-order valence-electron chi connectivity index (χ4n) is 2.92. The Kier molecular flexibility index (Phi) is 6.76. The third-order valence-electron chi connectivity index (χ3n) is 4.52. The summed E-state index contributed by atoms with van der Waals surface area (Å²) in [7, 11) is 1.55. The Morgan fingerprint density at radius 2 is 1.84 bits per heavy atom. The average Bonchev–Trinajstić information content (AvgIpc) is 2.99. The number of carbonyl (C=O) groups excluding carboxylic acids is 1. The van der Waals surface area contributed by atoms with Crippen LogP contribution in [0.15, 0.2) is 42.5 Å². The SMILES string of the molecule is COc1ccc(Oc2cc(NC(=O)CCn3nc(C)c(Cl)c3C)cc([N+](=O)[O-])c2)cc1. The highest BCUT2D eigenvalue weighted by atomic mass is 35.5. The van der Waals surface area contributed by atoms with Crippen LogP contribution in [0, 0.1) is 24.0 Å². The molecule has 0 fully saturated rings. The topological polar surface area (TPSA) is 109 Å². The van der Waals surface area contributed by atoms with Crippen LogP contribution in [0.4, 0.5) is 11.4 Å². The number of nitrogens with one attached hydrogen (secondary N) is 1. The number of carbonyl (C=O) groups is 1. The molecule has 0 saturated carbocycles. The first-order chi connectivity index (χ1) is 14.8. The number of aromatic nitrogens is 2. The molecule has 1 N–H and O–H groups in total. The van der Waals surface area contributed by atoms with Crippen molar-refractivity contribution in [2.75, 3.05) is 12.4 Å². The first-order valence-electron chi connectivity index (χ1n) is 9.37. The van der Waals surface area contributed by atoms with Crippen LogP contribution in [-0.4, -0.2) is 27.7 Å². The fourth-order valence-corrected chi connectivity index (χ4v) is 3.06. The Morgan fingerprint density at radius 3 is 2.42 bits per heavy atom. The maximum Gasteiger partial charge on any atom is 0.275 e. The summed E-state index contributed by atoms with van der Waals surface area (Å²) in [6.07, 6.45) is 0.121. The van der Waals surface area contributed by atoms with Gasteiger partial charge in [-0.3, -0.25) is 19.6 Å². The molecule has 9 nitrogen and oxygen atoms in total. The lowest BCUT2D eigenvalue weighted by Gasteiger charge is -2.10. The number of halogens is 1. The predicted octanol–water partition coefficient (Wildman–Crippen LogP) is 4.89. The van der Waals surface area contributed by atoms with Crippen LogP contribution in [0.2, 0.25) is 5.02 Å². The molecule has 0 spiro atoms. The Balaban J connectivity index is 1.72. The molecule has 1 aromatic heterocycles. The fraction of sp³-hybridized carbons (Fsp3) is 0.238. The summed E-state index contributed by atoms with van der Waals surface area (Å²) in [5.41, 5.74) is 1.52. The lowest BCUT2D eigenvalue weighted by molar-refractivity contribution is -0.384. The van der Waals surface area contributed by atoms with Gasteiger partial charge < -0.3 is 14.8 Å². The smallest absolute Gasteiger partial charge is 0.275 e. The highest BCUT2D eigenvalue weighted by Gasteiger charge is 2.15. The number of nitro benzene ring substituents is 1. The van der Waals surface area contributed by atoms with Gasteiger partial charge in [0.25, 0.3) is 5.69 Å². The van der Waals surface area contributed by atoms with E-state index in [0.717, 1.165) is 5.69 Å². The summed E-state index contributed by atoms with van der Waals surface area (Å²) in [6.45, 7) is 3.94. The molecular formula is C21H21ClN4O5. The van der Waals surface area contributed by atoms with Crippen molar-refractivity contribution >= 4 is 28.9 Å². The summed E-state index contributed by atoms with van der Waals surface area (Å²) < 4.78 is 12.5. The number of non-ortho nitro benzene ring substituents is 1. The van der Waals surface area contributed by atoms with Gasteiger partial charge in [-0.1, -0.05) is 11.6 Å². The Morgan fingerprint density at radius 1 is 1.16 bits per heavy atom. The molecule has 3 aromatic rings. The van der Waals surface area contributed by atoms with Crippen molar-refractivity contribution in [2.24, 2.45) is 0 Å². The van der Waals surface area contributed by atoms with Crippen LogP contribution in [-0.2, 0) is 11.3 Å². The second-order valence-corrected chi connectivity index (χ2v) is 7.13. The number of ether oxygens (including phenoxy) is 2. The Labute approximate surface area is 183 Å². The Hall–Kier alpha value is -3.59. The molecule has 0 radical (unpaired) electrons. The van der Waals surface area contributed by atoms with Crippen LogP contribution < -0.4 is 14.8 Å². The zero-order valence-corrected chi connectivity index (χ0v) is 18.0. The number of aryl methyl sites for hydroxylation is 2. The van der Waals surface area contributed by atoms with Crippen molar-refractivity contribution in [1.29, 1.82) is 0 Å². The lowest BCUT2D eigenvalue weighted by atomic mass is 10.2. The Bertz CT molecular complexity index is 1110. The van der Waals surface area contributed by atoms with Gasteiger partial charge in [0, 0.05) is 18.6 Å². The largest absolute Gasteiger partial charge is 0.497 e. The number of rotatable bonds is 8. The highest BCUT2D eigenvalue weighted by molar-refractivity contribution is 6.31. The van der Waals surface area contributed by atoms with Crippen LogP contribution in [0.25, 0.3) is 0 Å². The van der Waals surface area contributed by atoms with Gasteiger partial charge in [-0.25, -0.2) is 0 Å². The van der Waals surface area contributed by atoms with Crippen LogP contribution in [0.3, 0.4) is 0 Å². The van der Waals surface area contributed by atoms with Gasteiger partial charge in [0.15, 0.2) is 0 Å². The van der Waals surface area contributed by atoms with E-state index in [1.807, 2.05) is 6.92 Å². The number of nitrogens with zero attached hydrogens (tertiary/aromatic N) is 3. The molecule has 0 bridgehead atoms. The average molecular weight is 445 g/mol. The van der Waals surface area contributed by atoms with E-state index in [0.29, 0.717) is 28.8 Å². The molecule has 0 saturated heterocycles. The van der Waals surface area contributed by atoms with E-state index in [1.54, 1.807) is 43.0 Å². The van der Waals surface area contributed by atoms with Gasteiger partial charge in [-0.05, 0) is 38.1 Å². The molecule has 0 aliphatic carbocycles. The molecule has 3 rings (SSSR count). The first-order valence-corrected chi connectivity index (χ1v) is 9.75. The van der Waals surface area contributed by atoms with Crippen molar-refractivity contribution < 1.29 is 19.2 Å². The minimum atomic E-state index is -0.547. The molecular weight excluding hydrogens is 424 g/mol. The predicted molar refractivity (Wildman–Crippen MR) is 116 cm³/mol. The summed E-state index contributed by atoms with van der Waals surface area (Å²) in [5.74, 6) is 1.03. The van der Waals surface area contributed by atoms with Crippen molar-refractivity contribution in [2.45, 2.75) is 26.8 Å². The van der Waals surface area contributed by atoms with E-state index in [1.165, 1.54) is 18.2 Å². The number of amides is 1. The molecule has 1 heterocycles. The van der Waals surface area contributed by atoms with Gasteiger partial charge in [-0.15, -0.1) is 0 Å². The van der Waals surface area contributed by atoms with Crippen molar-refractivity contribution in [1.82, 2.24) is 9.78 Å².